The Morgan fingerprint density at radius 3 is 2.29 bits per heavy atom. The maximum Gasteiger partial charge on any atom is 0.341 e. The molecule has 2 aromatic carbocycles. The number of benzene rings is 2. The third-order valence-corrected chi connectivity index (χ3v) is 5.19. The Kier molecular flexibility index (Phi) is 4.60. The fourth-order valence-electron chi connectivity index (χ4n) is 3.54. The van der Waals surface area contributed by atoms with Crippen molar-refractivity contribution in [2.24, 2.45) is 0 Å². The molecule has 0 spiro atoms. The number of anilines is 1. The number of carboxylic acids is 1. The molecule has 4 rings (SSSR count). The monoisotopic (exact) mass is 381 g/mol. The molecule has 7 heteroatoms. The van der Waals surface area contributed by atoms with E-state index in [4.69, 9.17) is 0 Å². The van der Waals surface area contributed by atoms with Crippen molar-refractivity contribution in [2.45, 2.75) is 0 Å². The summed E-state index contributed by atoms with van der Waals surface area (Å²) >= 11 is 0. The molecule has 3 aromatic rings. The first-order chi connectivity index (χ1) is 13.4. The summed E-state index contributed by atoms with van der Waals surface area (Å²) < 4.78 is 15.0. The van der Waals surface area contributed by atoms with Gasteiger partial charge >= 0.3 is 5.97 Å². The van der Waals surface area contributed by atoms with E-state index in [1.54, 1.807) is 22.8 Å². The lowest BCUT2D eigenvalue weighted by Crippen LogP contribution is -2.44. The number of fused-ring (bicyclic) bond motifs is 1. The van der Waals surface area contributed by atoms with Crippen molar-refractivity contribution < 1.29 is 14.3 Å². The lowest BCUT2D eigenvalue weighted by molar-refractivity contribution is 0.0695. The number of likely N-dealkylation sites (N-methyl/N-ethyl adjacent to an activating group) is 1. The molecule has 6 nitrogen and oxygen atoms in total. The Balaban J connectivity index is 1.92. The van der Waals surface area contributed by atoms with Gasteiger partial charge in [-0.25, -0.2) is 9.18 Å². The number of aromatic nitrogens is 1. The van der Waals surface area contributed by atoms with E-state index >= 15 is 0 Å². The van der Waals surface area contributed by atoms with E-state index in [1.165, 1.54) is 18.3 Å². The smallest absolute Gasteiger partial charge is 0.341 e. The van der Waals surface area contributed by atoms with Gasteiger partial charge in [0.05, 0.1) is 5.52 Å². The number of halogens is 1. The lowest BCUT2D eigenvalue weighted by atomic mass is 10.1. The summed E-state index contributed by atoms with van der Waals surface area (Å²) in [6, 6.07) is 11.2. The van der Waals surface area contributed by atoms with Gasteiger partial charge in [0.15, 0.2) is 0 Å². The van der Waals surface area contributed by atoms with Gasteiger partial charge in [-0.1, -0.05) is 0 Å². The first-order valence-electron chi connectivity index (χ1n) is 9.06. The fourth-order valence-corrected chi connectivity index (χ4v) is 3.54. The average molecular weight is 381 g/mol. The number of hydrogen-bond donors (Lipinski definition) is 1. The van der Waals surface area contributed by atoms with E-state index in [0.717, 1.165) is 31.9 Å². The number of carbonyl (C=O) groups is 1. The molecular weight excluding hydrogens is 361 g/mol. The SMILES string of the molecule is CN1CCN(c2ccc3c(=O)c(C(=O)O)cn(-c4ccc(F)cc4)c3c2)CC1. The molecule has 28 heavy (non-hydrogen) atoms. The molecule has 1 fully saturated rings. The molecule has 1 aliphatic heterocycles. The third-order valence-electron chi connectivity index (χ3n) is 5.19. The van der Waals surface area contributed by atoms with Crippen LogP contribution in [0.25, 0.3) is 16.6 Å². The standard InChI is InChI=1S/C21H20FN3O3/c1-23-8-10-24(11-9-23)16-6-7-17-19(12-16)25(13-18(20(17)26)21(27)28)15-4-2-14(22)3-5-15/h2-7,12-13H,8-11H2,1H3,(H,27,28). The van der Waals surface area contributed by atoms with Crippen molar-refractivity contribution in [1.82, 2.24) is 9.47 Å². The fraction of sp³-hybridized carbons (Fsp3) is 0.238. The van der Waals surface area contributed by atoms with Crippen molar-refractivity contribution in [3.63, 3.8) is 0 Å². The maximum atomic E-state index is 13.4. The van der Waals surface area contributed by atoms with Crippen LogP contribution in [-0.4, -0.2) is 53.8 Å². The van der Waals surface area contributed by atoms with Gasteiger partial charge in [0.25, 0.3) is 0 Å². The molecule has 0 atom stereocenters. The van der Waals surface area contributed by atoms with Crippen LogP contribution in [0.1, 0.15) is 10.4 Å². The molecule has 0 saturated carbocycles. The predicted octanol–water partition coefficient (Wildman–Crippen LogP) is 2.58. The lowest BCUT2D eigenvalue weighted by Gasteiger charge is -2.34. The molecular formula is C21H20FN3O3. The Labute approximate surface area is 161 Å². The number of rotatable bonds is 3. The number of aromatic carboxylic acids is 1. The van der Waals surface area contributed by atoms with Gasteiger partial charge < -0.3 is 19.5 Å². The van der Waals surface area contributed by atoms with Gasteiger partial charge in [0.1, 0.15) is 11.4 Å². The second-order valence-electron chi connectivity index (χ2n) is 7.02. The van der Waals surface area contributed by atoms with Gasteiger partial charge in [0, 0.05) is 49.1 Å². The van der Waals surface area contributed by atoms with Crippen LogP contribution in [-0.2, 0) is 0 Å². The summed E-state index contributed by atoms with van der Waals surface area (Å²) in [7, 11) is 2.08. The summed E-state index contributed by atoms with van der Waals surface area (Å²) in [6.07, 6.45) is 1.31. The van der Waals surface area contributed by atoms with Gasteiger partial charge in [-0.3, -0.25) is 4.79 Å². The van der Waals surface area contributed by atoms with Gasteiger partial charge in [0.2, 0.25) is 5.43 Å². The molecule has 0 amide bonds. The Bertz CT molecular complexity index is 1100. The Morgan fingerprint density at radius 1 is 1.00 bits per heavy atom. The zero-order valence-corrected chi connectivity index (χ0v) is 15.4. The highest BCUT2D eigenvalue weighted by Crippen LogP contribution is 2.24. The Morgan fingerprint density at radius 2 is 1.64 bits per heavy atom. The summed E-state index contributed by atoms with van der Waals surface area (Å²) in [5.41, 5.74) is 1.32. The molecule has 2 heterocycles. The third kappa shape index (κ3) is 3.25. The molecule has 1 saturated heterocycles. The molecule has 144 valence electrons. The first-order valence-corrected chi connectivity index (χ1v) is 9.06. The van der Waals surface area contributed by atoms with Crippen molar-refractivity contribution in [1.29, 1.82) is 0 Å². The molecule has 1 N–H and O–H groups in total. The van der Waals surface area contributed by atoms with Crippen LogP contribution < -0.4 is 10.3 Å². The first kappa shape index (κ1) is 18.2. The van der Waals surface area contributed by atoms with E-state index in [1.807, 2.05) is 12.1 Å². The number of piperazine rings is 1. The number of pyridine rings is 1. The molecule has 0 unspecified atom stereocenters. The van der Waals surface area contributed by atoms with Crippen LogP contribution in [0.3, 0.4) is 0 Å². The minimum atomic E-state index is -1.29. The minimum Gasteiger partial charge on any atom is -0.477 e. The molecule has 1 aromatic heterocycles. The number of nitrogens with zero attached hydrogens (tertiary/aromatic N) is 3. The normalized spacial score (nSPS) is 15.1. The average Bonchev–Trinajstić information content (AvgIpc) is 2.69. The molecule has 1 aliphatic rings. The molecule has 0 bridgehead atoms. The minimum absolute atomic E-state index is 0.316. The second kappa shape index (κ2) is 7.09. The second-order valence-corrected chi connectivity index (χ2v) is 7.02. The summed E-state index contributed by atoms with van der Waals surface area (Å²) in [6.45, 7) is 3.63. The van der Waals surface area contributed by atoms with Crippen LogP contribution in [0.2, 0.25) is 0 Å². The van der Waals surface area contributed by atoms with Gasteiger partial charge in [-0.05, 0) is 49.5 Å². The highest BCUT2D eigenvalue weighted by atomic mass is 19.1. The van der Waals surface area contributed by atoms with Crippen LogP contribution in [0.15, 0.2) is 53.5 Å². The predicted molar refractivity (Wildman–Crippen MR) is 106 cm³/mol. The van der Waals surface area contributed by atoms with E-state index < -0.39 is 11.4 Å². The quantitative estimate of drug-likeness (QED) is 0.756. The van der Waals surface area contributed by atoms with E-state index in [2.05, 4.69) is 16.8 Å². The van der Waals surface area contributed by atoms with Crippen LogP contribution in [0.5, 0.6) is 0 Å². The number of carboxylic acid groups (broad SMARTS) is 1. The zero-order chi connectivity index (χ0) is 19.8. The largest absolute Gasteiger partial charge is 0.477 e. The maximum absolute atomic E-state index is 13.4. The van der Waals surface area contributed by atoms with Gasteiger partial charge in [-0.2, -0.15) is 0 Å². The van der Waals surface area contributed by atoms with Crippen LogP contribution in [0, 0.1) is 5.82 Å². The topological polar surface area (TPSA) is 65.8 Å². The number of hydrogen-bond acceptors (Lipinski definition) is 4. The molecule has 0 radical (unpaired) electrons. The van der Waals surface area contributed by atoms with E-state index in [9.17, 15) is 19.1 Å². The van der Waals surface area contributed by atoms with Crippen LogP contribution in [0.4, 0.5) is 10.1 Å². The Hall–Kier alpha value is -3.19. The molecule has 0 aliphatic carbocycles. The summed E-state index contributed by atoms with van der Waals surface area (Å²) in [5, 5.41) is 9.76. The van der Waals surface area contributed by atoms with E-state index in [0.29, 0.717) is 16.6 Å². The summed E-state index contributed by atoms with van der Waals surface area (Å²) in [5.74, 6) is -1.67. The van der Waals surface area contributed by atoms with Gasteiger partial charge in [-0.15, -0.1) is 0 Å². The summed E-state index contributed by atoms with van der Waals surface area (Å²) in [4.78, 5) is 28.7. The van der Waals surface area contributed by atoms with Crippen molar-refractivity contribution >= 4 is 22.6 Å². The zero-order valence-electron chi connectivity index (χ0n) is 15.4. The van der Waals surface area contributed by atoms with Crippen molar-refractivity contribution in [3.8, 4) is 5.69 Å². The van der Waals surface area contributed by atoms with E-state index in [-0.39, 0.29) is 11.4 Å². The van der Waals surface area contributed by atoms with Crippen molar-refractivity contribution in [2.75, 3.05) is 38.1 Å². The van der Waals surface area contributed by atoms with Crippen molar-refractivity contribution in [3.05, 3.63) is 70.3 Å². The highest BCUT2D eigenvalue weighted by molar-refractivity contribution is 5.94. The van der Waals surface area contributed by atoms with Crippen LogP contribution >= 0.6 is 0 Å². The highest BCUT2D eigenvalue weighted by Gasteiger charge is 2.19.